The highest BCUT2D eigenvalue weighted by molar-refractivity contribution is 7.92. The second kappa shape index (κ2) is 11.5. The molecule has 2 amide bonds. The predicted molar refractivity (Wildman–Crippen MR) is 149 cm³/mol. The smallest absolute Gasteiger partial charge is 0.256 e. The van der Waals surface area contributed by atoms with Gasteiger partial charge in [-0.15, -0.1) is 0 Å². The van der Waals surface area contributed by atoms with Crippen LogP contribution in [-0.2, 0) is 19.3 Å². The Balaban J connectivity index is 0.00000420. The minimum atomic E-state index is -2.40. The molecule has 3 N–H and O–H groups in total. The third-order valence-electron chi connectivity index (χ3n) is 5.17. The fourth-order valence-electron chi connectivity index (χ4n) is 3.58. The number of nitrogens with one attached hydrogen (secondary N) is 3. The van der Waals surface area contributed by atoms with Crippen LogP contribution in [-0.4, -0.2) is 69.3 Å². The number of anilines is 5. The van der Waals surface area contributed by atoms with Crippen LogP contribution in [0.25, 0.3) is 0 Å². The first-order chi connectivity index (χ1) is 18.1. The molecule has 0 spiro atoms. The molecule has 38 heavy (non-hydrogen) atoms. The summed E-state index contributed by atoms with van der Waals surface area (Å²) in [5.41, 5.74) is 1.69. The van der Waals surface area contributed by atoms with Crippen LogP contribution in [0.15, 0.2) is 53.0 Å². The Bertz CT molecular complexity index is 1450. The molecule has 12 nitrogen and oxygen atoms in total. The highest BCUT2D eigenvalue weighted by Gasteiger charge is 2.20. The second-order valence-electron chi connectivity index (χ2n) is 9.13. The van der Waals surface area contributed by atoms with Crippen molar-refractivity contribution >= 4 is 56.3 Å². The third kappa shape index (κ3) is 7.23. The number of ether oxygens (including phenoxy) is 1. The van der Waals surface area contributed by atoms with E-state index in [0.717, 1.165) is 5.69 Å². The lowest BCUT2D eigenvalue weighted by Gasteiger charge is -2.26. The monoisotopic (exact) mass is 540 g/mol. The average molecular weight is 541 g/mol. The van der Waals surface area contributed by atoms with E-state index < -0.39 is 9.73 Å². The molecule has 1 fully saturated rings. The summed E-state index contributed by atoms with van der Waals surface area (Å²) in [5.74, 6) is 0.711. The van der Waals surface area contributed by atoms with Crippen molar-refractivity contribution in [2.24, 2.45) is 4.36 Å². The average Bonchev–Trinajstić information content (AvgIpc) is 2.84. The van der Waals surface area contributed by atoms with Gasteiger partial charge in [0.1, 0.15) is 23.8 Å². The van der Waals surface area contributed by atoms with E-state index in [1.165, 1.54) is 18.7 Å². The molecule has 2 aromatic heterocycles. The number of hydrogen-bond acceptors (Lipinski definition) is 10. The van der Waals surface area contributed by atoms with E-state index in [0.29, 0.717) is 30.5 Å². The quantitative estimate of drug-likeness (QED) is 0.390. The lowest BCUT2D eigenvalue weighted by molar-refractivity contribution is -0.125. The van der Waals surface area contributed by atoms with E-state index >= 15 is 0 Å². The van der Waals surface area contributed by atoms with Crippen LogP contribution in [0.2, 0.25) is 0 Å². The Morgan fingerprint density at radius 2 is 1.89 bits per heavy atom. The summed E-state index contributed by atoms with van der Waals surface area (Å²) in [5, 5.41) is 9.03. The summed E-state index contributed by atoms with van der Waals surface area (Å²) >= 11 is 0. The van der Waals surface area contributed by atoms with Gasteiger partial charge in [0.05, 0.1) is 6.61 Å². The van der Waals surface area contributed by atoms with Crippen molar-refractivity contribution in [1.82, 2.24) is 20.3 Å². The van der Waals surface area contributed by atoms with E-state index in [2.05, 4.69) is 35.3 Å². The first-order valence-corrected chi connectivity index (χ1v) is 14.2. The predicted octanol–water partition coefficient (Wildman–Crippen LogP) is 3.47. The Hall–Kier alpha value is -4.10. The molecule has 0 radical (unpaired) electrons. The van der Waals surface area contributed by atoms with Gasteiger partial charge in [0.25, 0.3) is 11.8 Å². The molecule has 1 aromatic carbocycles. The highest BCUT2D eigenvalue weighted by Crippen LogP contribution is 2.24. The minimum Gasteiger partial charge on any atom is -0.370 e. The van der Waals surface area contributed by atoms with Crippen molar-refractivity contribution in [1.29, 1.82) is 0 Å². The molecule has 4 rings (SSSR count). The van der Waals surface area contributed by atoms with Gasteiger partial charge in [-0.1, -0.05) is 6.07 Å². The number of benzene rings is 1. The van der Waals surface area contributed by atoms with Crippen molar-refractivity contribution in [3.63, 3.8) is 0 Å². The number of amides is 2. The standard InChI is InChI=1S/C25H30N8O4S.H2/c1-16(2)27-24(35)19-14-26-25(28-17-8-10-18(11-9-17)33-12-13-37-15-22(33)34)31-23(19)30-20-6-5-7-21(29-20)32-38(3,4)36;/h5-11,14,16H,12-13,15H2,1-4H3,(H,27,35)(H2,26,28,29,30,31);1H. The maximum atomic E-state index is 12.8. The van der Waals surface area contributed by atoms with Gasteiger partial charge in [0.15, 0.2) is 5.82 Å². The molecule has 3 aromatic rings. The number of rotatable bonds is 8. The molecular formula is C25H32N8O4S. The van der Waals surface area contributed by atoms with Crippen LogP contribution >= 0.6 is 0 Å². The minimum absolute atomic E-state index is 0. The second-order valence-corrected chi connectivity index (χ2v) is 11.7. The van der Waals surface area contributed by atoms with E-state index in [4.69, 9.17) is 4.74 Å². The lowest BCUT2D eigenvalue weighted by Crippen LogP contribution is -2.41. The van der Waals surface area contributed by atoms with Gasteiger partial charge < -0.3 is 25.6 Å². The van der Waals surface area contributed by atoms with Gasteiger partial charge >= 0.3 is 0 Å². The number of morpholine rings is 1. The largest absolute Gasteiger partial charge is 0.370 e. The number of nitrogens with zero attached hydrogens (tertiary/aromatic N) is 5. The summed E-state index contributed by atoms with van der Waals surface area (Å²) in [7, 11) is -2.40. The zero-order chi connectivity index (χ0) is 27.3. The van der Waals surface area contributed by atoms with Gasteiger partial charge in [-0.25, -0.2) is 14.2 Å². The molecule has 13 heteroatoms. The number of hydrogen-bond donors (Lipinski definition) is 3. The number of carbonyl (C=O) groups excluding carboxylic acids is 2. The molecule has 0 saturated carbocycles. The van der Waals surface area contributed by atoms with Gasteiger partial charge in [0.2, 0.25) is 5.95 Å². The topological polar surface area (TPSA) is 151 Å². The van der Waals surface area contributed by atoms with Crippen molar-refractivity contribution in [2.45, 2.75) is 19.9 Å². The molecule has 0 aliphatic carbocycles. The molecule has 202 valence electrons. The summed E-state index contributed by atoms with van der Waals surface area (Å²) in [4.78, 5) is 39.8. The van der Waals surface area contributed by atoms with Crippen LogP contribution in [0.4, 0.5) is 34.8 Å². The van der Waals surface area contributed by atoms with Crippen LogP contribution in [0.3, 0.4) is 0 Å². The Labute approximate surface area is 222 Å². The normalized spacial score (nSPS) is 13.8. The molecule has 1 aliphatic heterocycles. The van der Waals surface area contributed by atoms with Crippen molar-refractivity contribution in [3.05, 3.63) is 54.2 Å². The molecule has 1 saturated heterocycles. The van der Waals surface area contributed by atoms with Gasteiger partial charge in [-0.2, -0.15) is 9.35 Å². The van der Waals surface area contributed by atoms with Gasteiger partial charge in [0, 0.05) is 53.8 Å². The molecule has 0 bridgehead atoms. The van der Waals surface area contributed by atoms with Crippen LogP contribution in [0.5, 0.6) is 0 Å². The first-order valence-electron chi connectivity index (χ1n) is 11.9. The zero-order valence-electron chi connectivity index (χ0n) is 21.6. The van der Waals surface area contributed by atoms with Gasteiger partial charge in [-0.05, 0) is 50.2 Å². The summed E-state index contributed by atoms with van der Waals surface area (Å²) < 4.78 is 21.4. The van der Waals surface area contributed by atoms with Crippen LogP contribution < -0.4 is 20.9 Å². The highest BCUT2D eigenvalue weighted by atomic mass is 32.2. The number of pyridine rings is 1. The summed E-state index contributed by atoms with van der Waals surface area (Å²) in [6.07, 6.45) is 4.48. The van der Waals surface area contributed by atoms with E-state index in [-0.39, 0.29) is 43.2 Å². The van der Waals surface area contributed by atoms with Crippen LogP contribution in [0.1, 0.15) is 25.6 Å². The molecule has 3 heterocycles. The van der Waals surface area contributed by atoms with E-state index in [1.807, 2.05) is 38.1 Å². The fraction of sp³-hybridized carbons (Fsp3) is 0.320. The zero-order valence-corrected chi connectivity index (χ0v) is 22.4. The molecule has 0 atom stereocenters. The summed E-state index contributed by atoms with van der Waals surface area (Å²) in [6.45, 7) is 4.78. The molecule has 0 unspecified atom stereocenters. The maximum absolute atomic E-state index is 12.8. The van der Waals surface area contributed by atoms with Crippen LogP contribution in [0, 0.1) is 0 Å². The molecule has 1 aliphatic rings. The van der Waals surface area contributed by atoms with Crippen molar-refractivity contribution < 1.29 is 20.0 Å². The van der Waals surface area contributed by atoms with Gasteiger partial charge in [-0.3, -0.25) is 9.59 Å². The SMILES string of the molecule is CC(C)NC(=O)c1cnc(Nc2ccc(N3CCOCC3=O)cc2)nc1Nc1cccc(N=S(C)(C)=O)n1.[HH]. The first kappa shape index (κ1) is 26.9. The third-order valence-corrected chi connectivity index (χ3v) is 5.80. The fourth-order valence-corrected chi connectivity index (χ4v) is 4.13. The summed E-state index contributed by atoms with van der Waals surface area (Å²) in [6, 6.07) is 12.2. The Morgan fingerprint density at radius 3 is 2.58 bits per heavy atom. The molecular weight excluding hydrogens is 508 g/mol. The van der Waals surface area contributed by atoms with E-state index in [1.54, 1.807) is 23.1 Å². The number of carbonyl (C=O) groups is 2. The number of aromatic nitrogens is 3. The van der Waals surface area contributed by atoms with E-state index in [9.17, 15) is 13.8 Å². The maximum Gasteiger partial charge on any atom is 0.256 e. The lowest BCUT2D eigenvalue weighted by atomic mass is 10.2. The van der Waals surface area contributed by atoms with Crippen molar-refractivity contribution in [3.8, 4) is 0 Å². The van der Waals surface area contributed by atoms with Crippen molar-refractivity contribution in [2.75, 3.05) is 47.8 Å². The Morgan fingerprint density at radius 1 is 1.13 bits per heavy atom. The Kier molecular flexibility index (Phi) is 8.17.